The molecule has 35 heavy (non-hydrogen) atoms. The van der Waals surface area contributed by atoms with Gasteiger partial charge in [-0.2, -0.15) is 4.31 Å². The van der Waals surface area contributed by atoms with Crippen LogP contribution in [-0.2, 0) is 27.8 Å². The number of aryl methyl sites for hydroxylation is 2. The molecule has 1 atom stereocenters. The van der Waals surface area contributed by atoms with Crippen LogP contribution in [0.3, 0.4) is 0 Å². The Morgan fingerprint density at radius 2 is 2.00 bits per heavy atom. The van der Waals surface area contributed by atoms with E-state index < -0.39 is 16.0 Å². The van der Waals surface area contributed by atoms with Gasteiger partial charge in [0.2, 0.25) is 10.0 Å². The number of allylic oxidation sites excluding steroid dienone is 1. The van der Waals surface area contributed by atoms with E-state index in [1.165, 1.54) is 5.01 Å². The number of carboxylic acid groups (broad SMARTS) is 1. The smallest absolute Gasteiger partial charge is 0.303 e. The summed E-state index contributed by atoms with van der Waals surface area (Å²) in [6.45, 7) is 5.16. The number of hydrogen-bond donors (Lipinski definition) is 3. The van der Waals surface area contributed by atoms with Crippen LogP contribution in [0, 0.1) is 6.92 Å². The second-order valence-electron chi connectivity index (χ2n) is 9.10. The average Bonchev–Trinajstić information content (AvgIpc) is 2.94. The topological polar surface area (TPSA) is 130 Å². The van der Waals surface area contributed by atoms with Crippen LogP contribution in [0.2, 0.25) is 0 Å². The van der Waals surface area contributed by atoms with E-state index in [0.29, 0.717) is 36.5 Å². The molecule has 8 nitrogen and oxygen atoms in total. The number of carbonyl (C=O) groups is 1. The average molecular weight is 501 g/mol. The molecule has 2 aromatic carbocycles. The summed E-state index contributed by atoms with van der Waals surface area (Å²) in [4.78, 5) is 12.0. The number of benzene rings is 2. The number of rotatable bonds is 10. The van der Waals surface area contributed by atoms with Gasteiger partial charge >= 0.3 is 5.97 Å². The van der Waals surface area contributed by atoms with Crippen LogP contribution in [0.4, 0.5) is 0 Å². The van der Waals surface area contributed by atoms with Crippen molar-refractivity contribution in [3.63, 3.8) is 0 Å². The number of carboxylic acids is 1. The molecule has 9 heteroatoms. The number of sulfonamides is 1. The number of nitrogens with zero attached hydrogens (tertiary/aromatic N) is 2. The van der Waals surface area contributed by atoms with Crippen molar-refractivity contribution in [2.75, 3.05) is 13.1 Å². The number of fused-ring (bicyclic) bond motifs is 1. The van der Waals surface area contributed by atoms with E-state index in [0.717, 1.165) is 35.1 Å². The summed E-state index contributed by atoms with van der Waals surface area (Å²) in [6.07, 6.45) is 4.15. The molecule has 0 saturated carbocycles. The molecule has 0 amide bonds. The predicted molar refractivity (Wildman–Crippen MR) is 137 cm³/mol. The van der Waals surface area contributed by atoms with Crippen molar-refractivity contribution in [1.29, 1.82) is 0 Å². The Labute approximate surface area is 208 Å². The fourth-order valence-electron chi connectivity index (χ4n) is 4.44. The largest absolute Gasteiger partial charge is 0.481 e. The summed E-state index contributed by atoms with van der Waals surface area (Å²) in [7, 11) is -3.62. The standard InChI is InChI=1S/C26H36N4O4S/c1-3-29(28)18-24(27)13-12-22(16-26(31)32)21-11-10-19(2)23(15-21)17-30-14-6-8-20-7-4-5-9-25(20)35(30,33)34/h4-5,7,9-11,15,18,22H,3,6,8,12-14,16-17,27-28H2,1-2H3,(H,31,32)/b24-18-. The molecular weight excluding hydrogens is 464 g/mol. The molecule has 2 aromatic rings. The van der Waals surface area contributed by atoms with E-state index in [1.807, 2.05) is 44.2 Å². The first-order valence-corrected chi connectivity index (χ1v) is 13.4. The van der Waals surface area contributed by atoms with E-state index in [2.05, 4.69) is 0 Å². The van der Waals surface area contributed by atoms with Crippen LogP contribution < -0.4 is 11.6 Å². The number of hydrazine groups is 1. The van der Waals surface area contributed by atoms with Gasteiger partial charge in [0.15, 0.2) is 0 Å². The van der Waals surface area contributed by atoms with E-state index >= 15 is 0 Å². The Hall–Kier alpha value is -2.88. The second kappa shape index (κ2) is 11.7. The van der Waals surface area contributed by atoms with Crippen LogP contribution in [0.1, 0.15) is 60.8 Å². The van der Waals surface area contributed by atoms with Crippen LogP contribution in [0.15, 0.2) is 59.3 Å². The molecule has 1 heterocycles. The first-order chi connectivity index (χ1) is 16.6. The van der Waals surface area contributed by atoms with Crippen molar-refractivity contribution in [2.24, 2.45) is 11.6 Å². The fourth-order valence-corrected chi connectivity index (χ4v) is 6.15. The van der Waals surface area contributed by atoms with Gasteiger partial charge in [0.05, 0.1) is 11.3 Å². The maximum Gasteiger partial charge on any atom is 0.303 e. The normalized spacial score (nSPS) is 16.8. The highest BCUT2D eigenvalue weighted by Crippen LogP contribution is 2.31. The van der Waals surface area contributed by atoms with Crippen LogP contribution in [0.5, 0.6) is 0 Å². The zero-order valence-electron chi connectivity index (χ0n) is 20.5. The van der Waals surface area contributed by atoms with Crippen molar-refractivity contribution in [3.05, 3.63) is 76.6 Å². The third kappa shape index (κ3) is 6.84. The highest BCUT2D eigenvalue weighted by molar-refractivity contribution is 7.89. The first kappa shape index (κ1) is 26.7. The lowest BCUT2D eigenvalue weighted by Gasteiger charge is -2.23. The van der Waals surface area contributed by atoms with Crippen molar-refractivity contribution >= 4 is 16.0 Å². The molecule has 0 fully saturated rings. The van der Waals surface area contributed by atoms with E-state index in [-0.39, 0.29) is 18.9 Å². The van der Waals surface area contributed by atoms with Gasteiger partial charge < -0.3 is 15.8 Å². The molecule has 190 valence electrons. The van der Waals surface area contributed by atoms with Crippen molar-refractivity contribution < 1.29 is 18.3 Å². The quantitative estimate of drug-likeness (QED) is 0.336. The Bertz CT molecular complexity index is 1180. The van der Waals surface area contributed by atoms with Gasteiger partial charge in [0.25, 0.3) is 0 Å². The molecule has 1 aliphatic heterocycles. The highest BCUT2D eigenvalue weighted by atomic mass is 32.2. The minimum absolute atomic E-state index is 0.0364. The van der Waals surface area contributed by atoms with Gasteiger partial charge in [0, 0.05) is 31.5 Å². The first-order valence-electron chi connectivity index (χ1n) is 12.0. The zero-order chi connectivity index (χ0) is 25.6. The van der Waals surface area contributed by atoms with Gasteiger partial charge in [-0.3, -0.25) is 4.79 Å². The monoisotopic (exact) mass is 500 g/mol. The van der Waals surface area contributed by atoms with Gasteiger partial charge in [-0.15, -0.1) is 0 Å². The Balaban J connectivity index is 1.86. The van der Waals surface area contributed by atoms with Crippen molar-refractivity contribution in [3.8, 4) is 0 Å². The lowest BCUT2D eigenvalue weighted by atomic mass is 9.88. The maximum atomic E-state index is 13.4. The summed E-state index contributed by atoms with van der Waals surface area (Å²) in [5, 5.41) is 11.0. The minimum atomic E-state index is -3.62. The number of nitrogens with two attached hydrogens (primary N) is 2. The number of aliphatic carboxylic acids is 1. The lowest BCUT2D eigenvalue weighted by Crippen LogP contribution is -2.31. The van der Waals surface area contributed by atoms with E-state index in [1.54, 1.807) is 22.6 Å². The molecule has 0 radical (unpaired) electrons. The van der Waals surface area contributed by atoms with Gasteiger partial charge in [-0.1, -0.05) is 36.4 Å². The third-order valence-corrected chi connectivity index (χ3v) is 8.48. The van der Waals surface area contributed by atoms with Crippen molar-refractivity contribution in [2.45, 2.75) is 63.3 Å². The molecule has 0 aliphatic carbocycles. The Morgan fingerprint density at radius 3 is 2.71 bits per heavy atom. The summed E-state index contributed by atoms with van der Waals surface area (Å²) < 4.78 is 28.4. The maximum absolute atomic E-state index is 13.4. The summed E-state index contributed by atoms with van der Waals surface area (Å²) >= 11 is 0. The minimum Gasteiger partial charge on any atom is -0.481 e. The van der Waals surface area contributed by atoms with Crippen LogP contribution in [0.25, 0.3) is 0 Å². The van der Waals surface area contributed by atoms with Gasteiger partial charge in [0.1, 0.15) is 0 Å². The van der Waals surface area contributed by atoms with Crippen molar-refractivity contribution in [1.82, 2.24) is 9.31 Å². The molecule has 0 spiro atoms. The SMILES string of the molecule is CCN(N)/C=C(\N)CCC(CC(=O)O)c1ccc(C)c(CN2CCCc3ccccc3S2(=O)=O)c1. The molecule has 1 unspecified atom stereocenters. The van der Waals surface area contributed by atoms with E-state index in [4.69, 9.17) is 11.6 Å². The molecule has 0 saturated heterocycles. The van der Waals surface area contributed by atoms with Crippen LogP contribution in [-0.4, -0.2) is 41.9 Å². The Morgan fingerprint density at radius 1 is 1.26 bits per heavy atom. The molecule has 5 N–H and O–H groups in total. The van der Waals surface area contributed by atoms with Gasteiger partial charge in [-0.25, -0.2) is 14.3 Å². The van der Waals surface area contributed by atoms with E-state index in [9.17, 15) is 18.3 Å². The third-order valence-electron chi connectivity index (χ3n) is 6.53. The summed E-state index contributed by atoms with van der Waals surface area (Å²) in [6, 6.07) is 13.0. The molecule has 0 aromatic heterocycles. The Kier molecular flexibility index (Phi) is 8.93. The van der Waals surface area contributed by atoms with Gasteiger partial charge in [-0.05, 0) is 73.8 Å². The molecule has 1 aliphatic rings. The lowest BCUT2D eigenvalue weighted by molar-refractivity contribution is -0.137. The second-order valence-corrected chi connectivity index (χ2v) is 11.0. The molecule has 0 bridgehead atoms. The summed E-state index contributed by atoms with van der Waals surface area (Å²) in [5.41, 5.74) is 10.2. The zero-order valence-corrected chi connectivity index (χ0v) is 21.3. The molecular formula is C26H36N4O4S. The highest BCUT2D eigenvalue weighted by Gasteiger charge is 2.30. The van der Waals surface area contributed by atoms with Crippen LogP contribution >= 0.6 is 0 Å². The summed E-state index contributed by atoms with van der Waals surface area (Å²) in [5.74, 6) is 4.64. The predicted octanol–water partition coefficient (Wildman–Crippen LogP) is 3.47. The fraction of sp³-hybridized carbons (Fsp3) is 0.423. The molecule has 3 rings (SSSR count). The number of hydrogen-bond acceptors (Lipinski definition) is 6.